The minimum atomic E-state index is -0.490. The van der Waals surface area contributed by atoms with Gasteiger partial charge in [-0.15, -0.1) is 0 Å². The van der Waals surface area contributed by atoms with E-state index >= 15 is 0 Å². The molecule has 4 rings (SSSR count). The van der Waals surface area contributed by atoms with Crippen LogP contribution in [0.5, 0.6) is 0 Å². The van der Waals surface area contributed by atoms with Crippen molar-refractivity contribution in [1.82, 2.24) is 25.0 Å². The van der Waals surface area contributed by atoms with Crippen LogP contribution in [-0.2, 0) is 16.6 Å². The predicted octanol–water partition coefficient (Wildman–Crippen LogP) is 1.72. The Labute approximate surface area is 189 Å². The number of fused-ring (bicyclic) bond motifs is 1. The molecule has 5 amide bonds. The summed E-state index contributed by atoms with van der Waals surface area (Å²) in [5.74, 6) is -0.969. The number of amides is 5. The molecular formula is C22H23N7O4. The summed E-state index contributed by atoms with van der Waals surface area (Å²) in [6.07, 6.45) is -0.0144. The number of benzene rings is 1. The Morgan fingerprint density at radius 1 is 1.09 bits per heavy atom. The maximum absolute atomic E-state index is 13.0. The molecule has 3 N–H and O–H groups in total. The van der Waals surface area contributed by atoms with Crippen molar-refractivity contribution in [1.29, 1.82) is 0 Å². The number of urea groups is 1. The molecule has 0 unspecified atom stereocenters. The first-order valence-electron chi connectivity index (χ1n) is 10.3. The van der Waals surface area contributed by atoms with E-state index in [4.69, 9.17) is 0 Å². The number of nitrogens with zero attached hydrogens (tertiary/aromatic N) is 4. The Balaban J connectivity index is 1.39. The molecule has 33 heavy (non-hydrogen) atoms. The van der Waals surface area contributed by atoms with Crippen LogP contribution < -0.4 is 16.0 Å². The summed E-state index contributed by atoms with van der Waals surface area (Å²) in [4.78, 5) is 53.7. The lowest BCUT2D eigenvalue weighted by atomic mass is 10.1. The molecule has 1 aliphatic rings. The minimum Gasteiger partial charge on any atom is -0.329 e. The van der Waals surface area contributed by atoms with Crippen LogP contribution in [0.25, 0.3) is 11.0 Å². The highest BCUT2D eigenvalue weighted by atomic mass is 16.2. The van der Waals surface area contributed by atoms with E-state index < -0.39 is 6.03 Å². The number of carbonyl (C=O) groups excluding carboxylic acids is 4. The van der Waals surface area contributed by atoms with Crippen molar-refractivity contribution in [3.05, 3.63) is 47.3 Å². The Morgan fingerprint density at radius 2 is 1.76 bits per heavy atom. The van der Waals surface area contributed by atoms with Gasteiger partial charge in [0.15, 0.2) is 5.65 Å². The van der Waals surface area contributed by atoms with Crippen LogP contribution in [-0.4, -0.2) is 56.5 Å². The number of aromatic nitrogens is 3. The third-order valence-electron chi connectivity index (χ3n) is 5.27. The molecule has 1 saturated heterocycles. The number of anilines is 2. The van der Waals surface area contributed by atoms with Gasteiger partial charge in [-0.2, -0.15) is 5.10 Å². The molecule has 0 radical (unpaired) electrons. The van der Waals surface area contributed by atoms with Gasteiger partial charge in [-0.1, -0.05) is 0 Å². The Hall–Kier alpha value is -4.28. The number of nitrogens with one attached hydrogen (secondary N) is 3. The third kappa shape index (κ3) is 4.52. The van der Waals surface area contributed by atoms with E-state index in [0.717, 1.165) is 10.6 Å². The zero-order valence-corrected chi connectivity index (χ0v) is 18.4. The number of imide groups is 1. The fourth-order valence-corrected chi connectivity index (χ4v) is 3.70. The van der Waals surface area contributed by atoms with E-state index in [1.54, 1.807) is 42.1 Å². The van der Waals surface area contributed by atoms with Gasteiger partial charge >= 0.3 is 6.03 Å². The van der Waals surface area contributed by atoms with Crippen LogP contribution in [0.15, 0.2) is 30.3 Å². The number of rotatable bonds is 6. The lowest BCUT2D eigenvalue weighted by Gasteiger charge is -2.12. The van der Waals surface area contributed by atoms with Crippen molar-refractivity contribution in [3.63, 3.8) is 0 Å². The molecule has 3 heterocycles. The van der Waals surface area contributed by atoms with Crippen LogP contribution in [0.1, 0.15) is 28.2 Å². The van der Waals surface area contributed by atoms with Crippen molar-refractivity contribution < 1.29 is 19.2 Å². The Morgan fingerprint density at radius 3 is 2.39 bits per heavy atom. The summed E-state index contributed by atoms with van der Waals surface area (Å²) in [7, 11) is 1.79. The van der Waals surface area contributed by atoms with Gasteiger partial charge < -0.3 is 16.0 Å². The van der Waals surface area contributed by atoms with E-state index in [1.807, 2.05) is 13.8 Å². The first kappa shape index (κ1) is 21.9. The predicted molar refractivity (Wildman–Crippen MR) is 121 cm³/mol. The summed E-state index contributed by atoms with van der Waals surface area (Å²) < 4.78 is 1.65. The Kier molecular flexibility index (Phi) is 5.78. The summed E-state index contributed by atoms with van der Waals surface area (Å²) in [6, 6.07) is 7.90. The molecule has 2 aromatic heterocycles. The van der Waals surface area contributed by atoms with Gasteiger partial charge in [-0.25, -0.2) is 9.78 Å². The average molecular weight is 449 g/mol. The molecule has 0 spiro atoms. The number of aryl methyl sites for hydroxylation is 3. The molecule has 1 aromatic carbocycles. The van der Waals surface area contributed by atoms with E-state index in [2.05, 4.69) is 26.0 Å². The quantitative estimate of drug-likeness (QED) is 0.490. The van der Waals surface area contributed by atoms with Gasteiger partial charge in [0, 0.05) is 37.1 Å². The fourth-order valence-electron chi connectivity index (χ4n) is 3.70. The van der Waals surface area contributed by atoms with Crippen molar-refractivity contribution in [2.75, 3.05) is 23.7 Å². The van der Waals surface area contributed by atoms with E-state index in [-0.39, 0.29) is 37.2 Å². The second-order valence-electron chi connectivity index (χ2n) is 7.75. The van der Waals surface area contributed by atoms with Gasteiger partial charge in [0.2, 0.25) is 11.8 Å². The van der Waals surface area contributed by atoms with Crippen LogP contribution in [0.3, 0.4) is 0 Å². The van der Waals surface area contributed by atoms with Gasteiger partial charge in [0.1, 0.15) is 0 Å². The molecule has 0 saturated carbocycles. The highest BCUT2D eigenvalue weighted by Crippen LogP contribution is 2.23. The van der Waals surface area contributed by atoms with Gasteiger partial charge in [0.25, 0.3) is 5.91 Å². The zero-order valence-electron chi connectivity index (χ0n) is 18.4. The highest BCUT2D eigenvalue weighted by Gasteiger charge is 2.28. The SMILES string of the molecule is Cc1cc(C(=O)Nc2ccc(NC(=O)CCN3C(=O)CNC3=O)cc2)c2c(C)nn(C)c2n1. The highest BCUT2D eigenvalue weighted by molar-refractivity contribution is 6.12. The third-order valence-corrected chi connectivity index (χ3v) is 5.27. The largest absolute Gasteiger partial charge is 0.329 e. The van der Waals surface area contributed by atoms with Crippen LogP contribution >= 0.6 is 0 Å². The number of hydrogen-bond donors (Lipinski definition) is 3. The van der Waals surface area contributed by atoms with Crippen molar-refractivity contribution in [2.24, 2.45) is 7.05 Å². The lowest BCUT2D eigenvalue weighted by molar-refractivity contribution is -0.125. The van der Waals surface area contributed by atoms with E-state index in [0.29, 0.717) is 33.7 Å². The second-order valence-corrected chi connectivity index (χ2v) is 7.75. The molecule has 11 heteroatoms. The standard InChI is InChI=1S/C22H23N7O4/c1-12-10-16(19-13(2)27-28(3)20(19)24-12)21(32)26-15-6-4-14(5-7-15)25-17(30)8-9-29-18(31)11-23-22(29)33/h4-7,10H,8-9,11H2,1-3H3,(H,23,33)(H,25,30)(H,26,32). The van der Waals surface area contributed by atoms with Gasteiger partial charge in [-0.05, 0) is 44.2 Å². The van der Waals surface area contributed by atoms with Gasteiger partial charge in [-0.3, -0.25) is 24.0 Å². The molecule has 0 bridgehead atoms. The number of hydrogen-bond acceptors (Lipinski definition) is 6. The average Bonchev–Trinajstić information content (AvgIpc) is 3.24. The minimum absolute atomic E-state index is 0.0121. The summed E-state index contributed by atoms with van der Waals surface area (Å²) in [5, 5.41) is 13.0. The summed E-state index contributed by atoms with van der Waals surface area (Å²) in [5.41, 5.74) is 3.64. The topological polar surface area (TPSA) is 138 Å². The first-order valence-corrected chi connectivity index (χ1v) is 10.3. The van der Waals surface area contributed by atoms with E-state index in [1.165, 1.54) is 0 Å². The second kappa shape index (κ2) is 8.69. The smallest absolute Gasteiger partial charge is 0.324 e. The van der Waals surface area contributed by atoms with Crippen molar-refractivity contribution in [2.45, 2.75) is 20.3 Å². The monoisotopic (exact) mass is 449 g/mol. The maximum Gasteiger partial charge on any atom is 0.324 e. The lowest BCUT2D eigenvalue weighted by Crippen LogP contribution is -2.33. The summed E-state index contributed by atoms with van der Waals surface area (Å²) in [6.45, 7) is 3.62. The number of pyridine rings is 1. The fraction of sp³-hybridized carbons (Fsp3) is 0.273. The normalized spacial score (nSPS) is 13.4. The molecule has 11 nitrogen and oxygen atoms in total. The summed E-state index contributed by atoms with van der Waals surface area (Å²) >= 11 is 0. The Bertz CT molecular complexity index is 1260. The zero-order chi connectivity index (χ0) is 23.7. The molecule has 170 valence electrons. The molecule has 1 fully saturated rings. The first-order chi connectivity index (χ1) is 15.7. The molecule has 3 aromatic rings. The van der Waals surface area contributed by atoms with Crippen LogP contribution in [0.4, 0.5) is 16.2 Å². The van der Waals surface area contributed by atoms with Crippen molar-refractivity contribution in [3.8, 4) is 0 Å². The van der Waals surface area contributed by atoms with Gasteiger partial charge in [0.05, 0.1) is 23.2 Å². The molecule has 0 aliphatic carbocycles. The van der Waals surface area contributed by atoms with Crippen molar-refractivity contribution >= 4 is 46.2 Å². The van der Waals surface area contributed by atoms with Crippen LogP contribution in [0, 0.1) is 13.8 Å². The molecule has 0 atom stereocenters. The molecular weight excluding hydrogens is 426 g/mol. The van der Waals surface area contributed by atoms with Crippen LogP contribution in [0.2, 0.25) is 0 Å². The maximum atomic E-state index is 13.0. The molecule has 1 aliphatic heterocycles. The van der Waals surface area contributed by atoms with E-state index in [9.17, 15) is 19.2 Å². The number of carbonyl (C=O) groups is 4.